The minimum Gasteiger partial charge on any atom is -0.469 e. The van der Waals surface area contributed by atoms with Crippen LogP contribution in [0.1, 0.15) is 30.2 Å². The first-order valence-corrected chi connectivity index (χ1v) is 7.85. The van der Waals surface area contributed by atoms with Crippen LogP contribution in [0.15, 0.2) is 52.0 Å². The summed E-state index contributed by atoms with van der Waals surface area (Å²) in [6, 6.07) is 12.1. The van der Waals surface area contributed by atoms with E-state index in [0.29, 0.717) is 5.75 Å². The van der Waals surface area contributed by atoms with Crippen LogP contribution in [-0.4, -0.2) is 11.7 Å². The van der Waals surface area contributed by atoms with Crippen LogP contribution in [-0.2, 0) is 11.2 Å². The molecular weight excluding hydrogens is 270 g/mol. The van der Waals surface area contributed by atoms with Crippen LogP contribution in [0.25, 0.3) is 0 Å². The van der Waals surface area contributed by atoms with Crippen LogP contribution in [0.5, 0.6) is 0 Å². The number of carbonyl (C=O) groups excluding carboxylic acids is 1. The molecule has 0 saturated carbocycles. The summed E-state index contributed by atoms with van der Waals surface area (Å²) in [5, 5.41) is 3.11. The van der Waals surface area contributed by atoms with Crippen molar-refractivity contribution in [2.45, 2.75) is 30.2 Å². The lowest BCUT2D eigenvalue weighted by Crippen LogP contribution is -2.31. The van der Waals surface area contributed by atoms with Gasteiger partial charge in [-0.25, -0.2) is 0 Å². The van der Waals surface area contributed by atoms with Crippen LogP contribution in [0.4, 0.5) is 0 Å². The summed E-state index contributed by atoms with van der Waals surface area (Å²) in [4.78, 5) is 13.2. The van der Waals surface area contributed by atoms with Gasteiger partial charge in [0.05, 0.1) is 18.1 Å². The molecule has 1 aliphatic carbocycles. The highest BCUT2D eigenvalue weighted by atomic mass is 32.2. The number of carbonyl (C=O) groups is 1. The van der Waals surface area contributed by atoms with Crippen molar-refractivity contribution >= 4 is 17.7 Å². The third-order valence-corrected chi connectivity index (χ3v) is 4.51. The smallest absolute Gasteiger partial charge is 0.230 e. The standard InChI is InChI=1S/C16H17NO2S/c18-16(11-20-12-5-2-1-3-6-12)17-14-7-4-8-15-13(14)9-10-19-15/h1-3,5-6,9-10,14H,4,7-8,11H2,(H,17,18). The molecule has 2 aromatic rings. The molecule has 3 nitrogen and oxygen atoms in total. The number of hydrogen-bond acceptors (Lipinski definition) is 3. The molecular formula is C16H17NO2S. The monoisotopic (exact) mass is 287 g/mol. The minimum atomic E-state index is 0.0814. The zero-order chi connectivity index (χ0) is 13.8. The second-order valence-corrected chi connectivity index (χ2v) is 5.96. The Kier molecular flexibility index (Phi) is 4.11. The van der Waals surface area contributed by atoms with E-state index >= 15 is 0 Å². The van der Waals surface area contributed by atoms with Crippen molar-refractivity contribution in [1.82, 2.24) is 5.32 Å². The largest absolute Gasteiger partial charge is 0.469 e. The number of amides is 1. The van der Waals surface area contributed by atoms with Gasteiger partial charge in [-0.3, -0.25) is 4.79 Å². The minimum absolute atomic E-state index is 0.0814. The van der Waals surface area contributed by atoms with Crippen LogP contribution in [0.3, 0.4) is 0 Å². The quantitative estimate of drug-likeness (QED) is 0.874. The second kappa shape index (κ2) is 6.18. The van der Waals surface area contributed by atoms with Crippen molar-refractivity contribution in [2.24, 2.45) is 0 Å². The zero-order valence-corrected chi connectivity index (χ0v) is 12.0. The second-order valence-electron chi connectivity index (χ2n) is 4.91. The summed E-state index contributed by atoms with van der Waals surface area (Å²) in [6.45, 7) is 0. The first kappa shape index (κ1) is 13.3. The van der Waals surface area contributed by atoms with Gasteiger partial charge in [-0.05, 0) is 31.0 Å². The summed E-state index contributed by atoms with van der Waals surface area (Å²) >= 11 is 1.56. The van der Waals surface area contributed by atoms with Crippen molar-refractivity contribution in [3.05, 3.63) is 54.0 Å². The van der Waals surface area contributed by atoms with Crippen molar-refractivity contribution in [3.63, 3.8) is 0 Å². The molecule has 0 saturated heterocycles. The van der Waals surface area contributed by atoms with E-state index in [2.05, 4.69) is 5.32 Å². The lowest BCUT2D eigenvalue weighted by Gasteiger charge is -2.22. The Hall–Kier alpha value is -1.68. The SMILES string of the molecule is O=C(CSc1ccccc1)NC1CCCc2occc21. The van der Waals surface area contributed by atoms with Gasteiger partial charge in [0, 0.05) is 16.9 Å². The lowest BCUT2D eigenvalue weighted by molar-refractivity contribution is -0.119. The number of thioether (sulfide) groups is 1. The summed E-state index contributed by atoms with van der Waals surface area (Å²) in [5.41, 5.74) is 1.15. The Balaban J connectivity index is 1.55. The van der Waals surface area contributed by atoms with E-state index in [4.69, 9.17) is 4.42 Å². The Labute approximate surface area is 122 Å². The highest BCUT2D eigenvalue weighted by molar-refractivity contribution is 8.00. The van der Waals surface area contributed by atoms with Gasteiger partial charge in [0.15, 0.2) is 0 Å². The molecule has 0 bridgehead atoms. The number of hydrogen-bond donors (Lipinski definition) is 1. The highest BCUT2D eigenvalue weighted by Crippen LogP contribution is 2.30. The van der Waals surface area contributed by atoms with Gasteiger partial charge in [0.25, 0.3) is 0 Å². The van der Waals surface area contributed by atoms with E-state index < -0.39 is 0 Å². The molecule has 1 unspecified atom stereocenters. The average Bonchev–Trinajstić information content (AvgIpc) is 2.96. The van der Waals surface area contributed by atoms with Gasteiger partial charge >= 0.3 is 0 Å². The van der Waals surface area contributed by atoms with Gasteiger partial charge in [-0.2, -0.15) is 0 Å². The molecule has 1 aromatic carbocycles. The van der Waals surface area contributed by atoms with Crippen LogP contribution in [0.2, 0.25) is 0 Å². The molecule has 1 N–H and O–H groups in total. The Morgan fingerprint density at radius 3 is 3.00 bits per heavy atom. The Bertz CT molecular complexity index is 579. The van der Waals surface area contributed by atoms with Crippen LogP contribution < -0.4 is 5.32 Å². The first-order valence-electron chi connectivity index (χ1n) is 6.86. The molecule has 0 radical (unpaired) electrons. The zero-order valence-electron chi connectivity index (χ0n) is 11.2. The molecule has 1 aromatic heterocycles. The van der Waals surface area contributed by atoms with E-state index in [9.17, 15) is 4.79 Å². The lowest BCUT2D eigenvalue weighted by atomic mass is 9.93. The van der Waals surface area contributed by atoms with Crippen molar-refractivity contribution in [3.8, 4) is 0 Å². The molecule has 1 heterocycles. The number of benzene rings is 1. The van der Waals surface area contributed by atoms with E-state index in [-0.39, 0.29) is 11.9 Å². The molecule has 20 heavy (non-hydrogen) atoms. The molecule has 104 valence electrons. The van der Waals surface area contributed by atoms with Crippen LogP contribution in [0, 0.1) is 0 Å². The maximum absolute atomic E-state index is 12.1. The molecule has 4 heteroatoms. The maximum Gasteiger partial charge on any atom is 0.230 e. The fourth-order valence-corrected chi connectivity index (χ4v) is 3.27. The number of aryl methyl sites for hydroxylation is 1. The molecule has 1 amide bonds. The topological polar surface area (TPSA) is 42.2 Å². The number of fused-ring (bicyclic) bond motifs is 1. The molecule has 1 atom stereocenters. The molecule has 3 rings (SSSR count). The fraction of sp³-hybridized carbons (Fsp3) is 0.312. The summed E-state index contributed by atoms with van der Waals surface area (Å²) in [6.07, 6.45) is 4.76. The van der Waals surface area contributed by atoms with E-state index in [0.717, 1.165) is 35.5 Å². The normalized spacial score (nSPS) is 17.5. The van der Waals surface area contributed by atoms with Gasteiger partial charge in [0.1, 0.15) is 5.76 Å². The van der Waals surface area contributed by atoms with Gasteiger partial charge < -0.3 is 9.73 Å². The summed E-state index contributed by atoms with van der Waals surface area (Å²) in [7, 11) is 0. The van der Waals surface area contributed by atoms with Crippen molar-refractivity contribution in [1.29, 1.82) is 0 Å². The third-order valence-electron chi connectivity index (χ3n) is 3.50. The third kappa shape index (κ3) is 3.07. The van der Waals surface area contributed by atoms with E-state index in [1.165, 1.54) is 0 Å². The summed E-state index contributed by atoms with van der Waals surface area (Å²) in [5.74, 6) is 1.56. The number of furan rings is 1. The highest BCUT2D eigenvalue weighted by Gasteiger charge is 2.23. The fourth-order valence-electron chi connectivity index (χ4n) is 2.54. The summed E-state index contributed by atoms with van der Waals surface area (Å²) < 4.78 is 5.44. The first-order chi connectivity index (χ1) is 9.83. The number of rotatable bonds is 4. The Morgan fingerprint density at radius 2 is 2.15 bits per heavy atom. The predicted molar refractivity (Wildman–Crippen MR) is 79.7 cm³/mol. The predicted octanol–water partition coefficient (Wildman–Crippen LogP) is 3.57. The molecule has 0 aliphatic heterocycles. The maximum atomic E-state index is 12.1. The average molecular weight is 287 g/mol. The van der Waals surface area contributed by atoms with Gasteiger partial charge in [0.2, 0.25) is 5.91 Å². The van der Waals surface area contributed by atoms with Crippen molar-refractivity contribution < 1.29 is 9.21 Å². The van der Waals surface area contributed by atoms with Crippen molar-refractivity contribution in [2.75, 3.05) is 5.75 Å². The molecule has 1 aliphatic rings. The number of nitrogens with one attached hydrogen (secondary N) is 1. The van der Waals surface area contributed by atoms with Gasteiger partial charge in [-0.1, -0.05) is 18.2 Å². The van der Waals surface area contributed by atoms with E-state index in [1.54, 1.807) is 18.0 Å². The van der Waals surface area contributed by atoms with E-state index in [1.807, 2.05) is 36.4 Å². The Morgan fingerprint density at radius 1 is 1.30 bits per heavy atom. The molecule has 0 spiro atoms. The molecule has 0 fully saturated rings. The van der Waals surface area contributed by atoms with Gasteiger partial charge in [-0.15, -0.1) is 11.8 Å². The van der Waals surface area contributed by atoms with Crippen LogP contribution >= 0.6 is 11.8 Å².